The van der Waals surface area contributed by atoms with Gasteiger partial charge in [-0.3, -0.25) is 0 Å². The van der Waals surface area contributed by atoms with Gasteiger partial charge in [0.1, 0.15) is 5.75 Å². The maximum Gasteiger partial charge on any atom is 0.340 e. The standard InChI is InChI=1S/C23H25NO3/c1-2-27-23(26)21-19-14-18(25)12-13-20(19)24(15-16-8-4-3-5-9-16)22(21)17-10-6-7-11-17/h3-5,8-9,12-14,17,25H,2,6-7,10-11,15H2,1H3. The van der Waals surface area contributed by atoms with Gasteiger partial charge in [0.05, 0.1) is 12.2 Å². The lowest BCUT2D eigenvalue weighted by molar-refractivity contribution is 0.0526. The Labute approximate surface area is 159 Å². The largest absolute Gasteiger partial charge is 0.508 e. The number of aromatic nitrogens is 1. The van der Waals surface area contributed by atoms with E-state index in [0.717, 1.165) is 29.4 Å². The number of benzene rings is 2. The number of fused-ring (bicyclic) bond motifs is 1. The fourth-order valence-corrected chi connectivity index (χ4v) is 4.34. The fourth-order valence-electron chi connectivity index (χ4n) is 4.34. The summed E-state index contributed by atoms with van der Waals surface area (Å²) in [6, 6.07) is 15.6. The molecule has 1 aromatic heterocycles. The van der Waals surface area contributed by atoms with Crippen molar-refractivity contribution >= 4 is 16.9 Å². The third-order valence-corrected chi connectivity index (χ3v) is 5.49. The summed E-state index contributed by atoms with van der Waals surface area (Å²) < 4.78 is 7.66. The van der Waals surface area contributed by atoms with Crippen molar-refractivity contribution in [3.8, 4) is 5.75 Å². The molecule has 1 aliphatic carbocycles. The van der Waals surface area contributed by atoms with E-state index in [9.17, 15) is 9.90 Å². The van der Waals surface area contributed by atoms with Gasteiger partial charge in [-0.25, -0.2) is 4.79 Å². The van der Waals surface area contributed by atoms with Gasteiger partial charge in [0, 0.05) is 29.1 Å². The summed E-state index contributed by atoms with van der Waals surface area (Å²) in [6.45, 7) is 2.87. The number of esters is 1. The molecule has 0 saturated heterocycles. The Kier molecular flexibility index (Phi) is 4.88. The van der Waals surface area contributed by atoms with Crippen LogP contribution in [-0.2, 0) is 11.3 Å². The summed E-state index contributed by atoms with van der Waals surface area (Å²) in [5.74, 6) is 0.229. The van der Waals surface area contributed by atoms with Crippen molar-refractivity contribution in [2.75, 3.05) is 6.61 Å². The third-order valence-electron chi connectivity index (χ3n) is 5.49. The number of rotatable bonds is 5. The molecule has 140 valence electrons. The zero-order chi connectivity index (χ0) is 18.8. The van der Waals surface area contributed by atoms with Crippen molar-refractivity contribution < 1.29 is 14.6 Å². The van der Waals surface area contributed by atoms with Crippen LogP contribution in [0.1, 0.15) is 60.1 Å². The van der Waals surface area contributed by atoms with Crippen LogP contribution in [0.15, 0.2) is 48.5 Å². The predicted molar refractivity (Wildman–Crippen MR) is 106 cm³/mol. The molecule has 4 heteroatoms. The highest BCUT2D eigenvalue weighted by molar-refractivity contribution is 6.06. The van der Waals surface area contributed by atoms with Crippen molar-refractivity contribution in [3.05, 3.63) is 65.4 Å². The second kappa shape index (κ2) is 7.47. The smallest absolute Gasteiger partial charge is 0.340 e. The van der Waals surface area contributed by atoms with Crippen molar-refractivity contribution in [3.63, 3.8) is 0 Å². The van der Waals surface area contributed by atoms with E-state index in [1.165, 1.54) is 18.4 Å². The van der Waals surface area contributed by atoms with Gasteiger partial charge in [-0.05, 0) is 43.5 Å². The number of ether oxygens (including phenoxy) is 1. The van der Waals surface area contributed by atoms with Crippen LogP contribution < -0.4 is 0 Å². The zero-order valence-electron chi connectivity index (χ0n) is 15.6. The van der Waals surface area contributed by atoms with Gasteiger partial charge in [0.25, 0.3) is 0 Å². The number of nitrogens with zero attached hydrogens (tertiary/aromatic N) is 1. The second-order valence-electron chi connectivity index (χ2n) is 7.24. The highest BCUT2D eigenvalue weighted by atomic mass is 16.5. The molecule has 1 saturated carbocycles. The van der Waals surface area contributed by atoms with Crippen molar-refractivity contribution in [2.24, 2.45) is 0 Å². The molecule has 0 bridgehead atoms. The number of hydrogen-bond acceptors (Lipinski definition) is 3. The number of carbonyl (C=O) groups excluding carboxylic acids is 1. The number of carbonyl (C=O) groups is 1. The first-order valence-corrected chi connectivity index (χ1v) is 9.75. The van der Waals surface area contributed by atoms with Crippen molar-refractivity contribution in [2.45, 2.75) is 45.1 Å². The third kappa shape index (κ3) is 3.32. The molecule has 3 aromatic rings. The molecule has 4 nitrogen and oxygen atoms in total. The molecule has 0 spiro atoms. The molecule has 1 heterocycles. The number of phenolic OH excluding ortho intramolecular Hbond substituents is 1. The Morgan fingerprint density at radius 2 is 1.89 bits per heavy atom. The van der Waals surface area contributed by atoms with E-state index in [-0.39, 0.29) is 11.7 Å². The van der Waals surface area contributed by atoms with Crippen LogP contribution in [0.4, 0.5) is 0 Å². The molecule has 0 aliphatic heterocycles. The summed E-state index contributed by atoms with van der Waals surface area (Å²) in [4.78, 5) is 12.9. The summed E-state index contributed by atoms with van der Waals surface area (Å²) >= 11 is 0. The first-order chi connectivity index (χ1) is 13.2. The van der Waals surface area contributed by atoms with Crippen LogP contribution in [0.3, 0.4) is 0 Å². The predicted octanol–water partition coefficient (Wildman–Crippen LogP) is 5.23. The quantitative estimate of drug-likeness (QED) is 0.632. The summed E-state index contributed by atoms with van der Waals surface area (Å²) in [6.07, 6.45) is 4.54. The molecule has 1 N–H and O–H groups in total. The van der Waals surface area contributed by atoms with Gasteiger partial charge in [-0.15, -0.1) is 0 Å². The van der Waals surface area contributed by atoms with E-state index >= 15 is 0 Å². The van der Waals surface area contributed by atoms with Crippen molar-refractivity contribution in [1.82, 2.24) is 4.57 Å². The summed E-state index contributed by atoms with van der Waals surface area (Å²) in [5, 5.41) is 10.8. The lowest BCUT2D eigenvalue weighted by Crippen LogP contribution is -2.13. The summed E-state index contributed by atoms with van der Waals surface area (Å²) in [5.41, 5.74) is 3.86. The molecule has 2 aromatic carbocycles. The Morgan fingerprint density at radius 3 is 2.59 bits per heavy atom. The maximum atomic E-state index is 12.9. The van der Waals surface area contributed by atoms with E-state index < -0.39 is 0 Å². The highest BCUT2D eigenvalue weighted by Crippen LogP contribution is 2.41. The molecule has 0 amide bonds. The van der Waals surface area contributed by atoms with Gasteiger partial charge in [0.2, 0.25) is 0 Å². The van der Waals surface area contributed by atoms with E-state index in [2.05, 4.69) is 16.7 Å². The summed E-state index contributed by atoms with van der Waals surface area (Å²) in [7, 11) is 0. The molecule has 0 unspecified atom stereocenters. The van der Waals surface area contributed by atoms with Crippen LogP contribution in [-0.4, -0.2) is 22.2 Å². The molecule has 1 fully saturated rings. The van der Waals surface area contributed by atoms with E-state index in [1.807, 2.05) is 31.2 Å². The van der Waals surface area contributed by atoms with Gasteiger partial charge in [-0.2, -0.15) is 0 Å². The Bertz CT molecular complexity index is 953. The molecular weight excluding hydrogens is 338 g/mol. The highest BCUT2D eigenvalue weighted by Gasteiger charge is 2.30. The van der Waals surface area contributed by atoms with Gasteiger partial charge in [-0.1, -0.05) is 43.2 Å². The lowest BCUT2D eigenvalue weighted by Gasteiger charge is -2.17. The SMILES string of the molecule is CCOC(=O)c1c(C2CCCC2)n(Cc2ccccc2)c2ccc(O)cc12. The molecule has 1 aliphatic rings. The minimum absolute atomic E-state index is 0.169. The van der Waals surface area contributed by atoms with E-state index in [0.29, 0.717) is 24.6 Å². The normalized spacial score (nSPS) is 14.7. The topological polar surface area (TPSA) is 51.5 Å². The van der Waals surface area contributed by atoms with Gasteiger partial charge in [0.15, 0.2) is 0 Å². The average Bonchev–Trinajstić information content (AvgIpc) is 3.29. The second-order valence-corrected chi connectivity index (χ2v) is 7.24. The molecule has 0 atom stereocenters. The number of aromatic hydroxyl groups is 1. The molecular formula is C23H25NO3. The van der Waals surface area contributed by atoms with Crippen LogP contribution in [0, 0.1) is 0 Å². The molecule has 0 radical (unpaired) electrons. The van der Waals surface area contributed by atoms with E-state index in [1.54, 1.807) is 12.1 Å². The average molecular weight is 363 g/mol. The Morgan fingerprint density at radius 1 is 1.15 bits per heavy atom. The number of hydrogen-bond donors (Lipinski definition) is 1. The Balaban J connectivity index is 1.96. The van der Waals surface area contributed by atoms with Crippen molar-refractivity contribution in [1.29, 1.82) is 0 Å². The van der Waals surface area contributed by atoms with Crippen LogP contribution in [0.25, 0.3) is 10.9 Å². The zero-order valence-corrected chi connectivity index (χ0v) is 15.6. The van der Waals surface area contributed by atoms with Crippen LogP contribution >= 0.6 is 0 Å². The molecule has 27 heavy (non-hydrogen) atoms. The maximum absolute atomic E-state index is 12.9. The minimum Gasteiger partial charge on any atom is -0.508 e. The Hall–Kier alpha value is -2.75. The number of phenols is 1. The monoisotopic (exact) mass is 363 g/mol. The first kappa shape index (κ1) is 17.7. The minimum atomic E-state index is -0.290. The molecule has 4 rings (SSSR count). The van der Waals surface area contributed by atoms with Crippen LogP contribution in [0.5, 0.6) is 5.75 Å². The fraction of sp³-hybridized carbons (Fsp3) is 0.348. The first-order valence-electron chi connectivity index (χ1n) is 9.75. The van der Waals surface area contributed by atoms with Gasteiger partial charge < -0.3 is 14.4 Å². The van der Waals surface area contributed by atoms with E-state index in [4.69, 9.17) is 4.74 Å². The lowest BCUT2D eigenvalue weighted by atomic mass is 9.98. The van der Waals surface area contributed by atoms with Gasteiger partial charge >= 0.3 is 5.97 Å². The van der Waals surface area contributed by atoms with Crippen LogP contribution in [0.2, 0.25) is 0 Å².